The average Bonchev–Trinajstić information content (AvgIpc) is 2.19. The zero-order chi connectivity index (χ0) is 10.1. The highest BCUT2D eigenvalue weighted by Crippen LogP contribution is 2.23. The molecule has 0 aliphatic heterocycles. The maximum Gasteiger partial charge on any atom is 0.181 e. The van der Waals surface area contributed by atoms with E-state index in [0.29, 0.717) is 17.7 Å². The molecule has 2 rings (SSSR count). The predicted octanol–water partition coefficient (Wildman–Crippen LogP) is 2.13. The minimum Gasteiger partial charge on any atom is -0.292 e. The van der Waals surface area contributed by atoms with Gasteiger partial charge in [0.15, 0.2) is 5.78 Å². The largest absolute Gasteiger partial charge is 0.292 e. The van der Waals surface area contributed by atoms with Crippen LogP contribution < -0.4 is 0 Å². The summed E-state index contributed by atoms with van der Waals surface area (Å²) >= 11 is 5.74. The number of halogens is 1. The number of hydrogen-bond donors (Lipinski definition) is 0. The summed E-state index contributed by atoms with van der Waals surface area (Å²) in [6.45, 7) is 0. The molecule has 70 valence electrons. The maximum atomic E-state index is 11.4. The highest BCUT2D eigenvalue weighted by molar-refractivity contribution is 6.30. The number of carbonyl (C=O) groups is 1. The van der Waals surface area contributed by atoms with Crippen molar-refractivity contribution < 1.29 is 4.79 Å². The van der Waals surface area contributed by atoms with Crippen LogP contribution in [0.3, 0.4) is 0 Å². The molecule has 14 heavy (non-hydrogen) atoms. The van der Waals surface area contributed by atoms with E-state index in [4.69, 9.17) is 16.9 Å². The molecule has 1 aromatic heterocycles. The standard InChI is InChI=1S/C10H7ClN2O/c11-10-7(5-12)4-6-2-1-3-8(14)9(6)13-10/h4H,1-3H2. The Morgan fingerprint density at radius 2 is 2.29 bits per heavy atom. The summed E-state index contributed by atoms with van der Waals surface area (Å²) in [5.74, 6) is 0.0256. The molecule has 0 radical (unpaired) electrons. The molecular weight excluding hydrogens is 200 g/mol. The van der Waals surface area contributed by atoms with E-state index in [2.05, 4.69) is 4.98 Å². The van der Waals surface area contributed by atoms with Crippen LogP contribution in [0.15, 0.2) is 6.07 Å². The molecule has 4 heteroatoms. The normalized spacial score (nSPS) is 14.7. The SMILES string of the molecule is N#Cc1cc2c(nc1Cl)C(=O)CCC2. The Morgan fingerprint density at radius 3 is 3.00 bits per heavy atom. The number of ketones is 1. The van der Waals surface area contributed by atoms with Gasteiger partial charge in [-0.2, -0.15) is 5.26 Å². The maximum absolute atomic E-state index is 11.4. The lowest BCUT2D eigenvalue weighted by Crippen LogP contribution is -2.13. The van der Waals surface area contributed by atoms with Gasteiger partial charge in [0.1, 0.15) is 16.9 Å². The Labute approximate surface area is 86.3 Å². The van der Waals surface area contributed by atoms with Crippen LogP contribution in [0.5, 0.6) is 0 Å². The van der Waals surface area contributed by atoms with Crippen LogP contribution in [-0.4, -0.2) is 10.8 Å². The minimum absolute atomic E-state index is 0.0256. The lowest BCUT2D eigenvalue weighted by molar-refractivity contribution is 0.0967. The lowest BCUT2D eigenvalue weighted by Gasteiger charge is -2.13. The molecule has 0 aromatic carbocycles. The molecule has 0 fully saturated rings. The van der Waals surface area contributed by atoms with Crippen molar-refractivity contribution in [2.45, 2.75) is 19.3 Å². The zero-order valence-corrected chi connectivity index (χ0v) is 8.14. The minimum atomic E-state index is 0.0256. The molecule has 0 amide bonds. The van der Waals surface area contributed by atoms with Gasteiger partial charge in [0, 0.05) is 6.42 Å². The molecule has 0 saturated carbocycles. The van der Waals surface area contributed by atoms with Crippen molar-refractivity contribution in [1.82, 2.24) is 4.98 Å². The third-order valence-corrected chi connectivity index (χ3v) is 2.58. The third-order valence-electron chi connectivity index (χ3n) is 2.29. The molecule has 1 aliphatic carbocycles. The number of aromatic nitrogens is 1. The molecule has 0 N–H and O–H groups in total. The van der Waals surface area contributed by atoms with Gasteiger partial charge in [0.05, 0.1) is 5.56 Å². The van der Waals surface area contributed by atoms with Crippen LogP contribution in [0.2, 0.25) is 5.15 Å². The molecule has 0 bridgehead atoms. The van der Waals surface area contributed by atoms with Gasteiger partial charge in [-0.1, -0.05) is 11.6 Å². The van der Waals surface area contributed by atoms with E-state index in [1.165, 1.54) is 0 Å². The van der Waals surface area contributed by atoms with Gasteiger partial charge in [0.25, 0.3) is 0 Å². The summed E-state index contributed by atoms with van der Waals surface area (Å²) in [6, 6.07) is 3.62. The topological polar surface area (TPSA) is 53.8 Å². The number of Topliss-reactive ketones (excluding diaryl/α,β-unsaturated/α-hetero) is 1. The van der Waals surface area contributed by atoms with Gasteiger partial charge in [0.2, 0.25) is 0 Å². The molecule has 0 spiro atoms. The summed E-state index contributed by atoms with van der Waals surface area (Å²) in [6.07, 6.45) is 2.17. The van der Waals surface area contributed by atoms with E-state index in [9.17, 15) is 4.79 Å². The first-order chi connectivity index (χ1) is 6.72. The number of nitrogens with zero attached hydrogens (tertiary/aromatic N) is 2. The quantitative estimate of drug-likeness (QED) is 0.611. The van der Waals surface area contributed by atoms with Gasteiger partial charge in [-0.25, -0.2) is 4.98 Å². The smallest absolute Gasteiger partial charge is 0.181 e. The van der Waals surface area contributed by atoms with Crippen molar-refractivity contribution in [2.24, 2.45) is 0 Å². The number of aryl methyl sites for hydroxylation is 1. The van der Waals surface area contributed by atoms with Gasteiger partial charge in [-0.15, -0.1) is 0 Å². The van der Waals surface area contributed by atoms with Gasteiger partial charge in [-0.3, -0.25) is 4.79 Å². The van der Waals surface area contributed by atoms with Crippen molar-refractivity contribution >= 4 is 17.4 Å². The lowest BCUT2D eigenvalue weighted by atomic mass is 9.94. The molecule has 0 unspecified atom stereocenters. The van der Waals surface area contributed by atoms with E-state index >= 15 is 0 Å². The molecule has 1 heterocycles. The predicted molar refractivity (Wildman–Crippen MR) is 51.2 cm³/mol. The zero-order valence-electron chi connectivity index (χ0n) is 7.38. The van der Waals surface area contributed by atoms with Crippen molar-refractivity contribution in [2.75, 3.05) is 0 Å². The van der Waals surface area contributed by atoms with E-state index in [0.717, 1.165) is 18.4 Å². The van der Waals surface area contributed by atoms with Crippen LogP contribution in [0.1, 0.15) is 34.5 Å². The number of carbonyl (C=O) groups excluding carboxylic acids is 1. The number of hydrogen-bond acceptors (Lipinski definition) is 3. The molecule has 1 aromatic rings. The third kappa shape index (κ3) is 1.38. The molecule has 1 aliphatic rings. The fraction of sp³-hybridized carbons (Fsp3) is 0.300. The Balaban J connectivity index is 2.61. The van der Waals surface area contributed by atoms with Gasteiger partial charge >= 0.3 is 0 Å². The molecule has 0 saturated heterocycles. The number of fused-ring (bicyclic) bond motifs is 1. The van der Waals surface area contributed by atoms with Crippen LogP contribution in [0.4, 0.5) is 0 Å². The van der Waals surface area contributed by atoms with E-state index in [-0.39, 0.29) is 10.9 Å². The number of nitriles is 1. The highest BCUT2D eigenvalue weighted by Gasteiger charge is 2.20. The molecule has 0 atom stereocenters. The van der Waals surface area contributed by atoms with Crippen LogP contribution in [0, 0.1) is 11.3 Å². The Morgan fingerprint density at radius 1 is 1.50 bits per heavy atom. The Kier molecular flexibility index (Phi) is 2.22. The summed E-state index contributed by atoms with van der Waals surface area (Å²) in [4.78, 5) is 15.4. The molecule has 3 nitrogen and oxygen atoms in total. The van der Waals surface area contributed by atoms with Crippen LogP contribution in [-0.2, 0) is 6.42 Å². The van der Waals surface area contributed by atoms with E-state index < -0.39 is 0 Å². The Hall–Kier alpha value is -1.40. The first kappa shape index (κ1) is 9.17. The summed E-state index contributed by atoms with van der Waals surface area (Å²) in [7, 11) is 0. The average molecular weight is 207 g/mol. The van der Waals surface area contributed by atoms with Gasteiger partial charge in [-0.05, 0) is 24.5 Å². The fourth-order valence-corrected chi connectivity index (χ4v) is 1.78. The second-order valence-corrected chi connectivity index (χ2v) is 3.58. The first-order valence-corrected chi connectivity index (χ1v) is 4.73. The van der Waals surface area contributed by atoms with E-state index in [1.807, 2.05) is 6.07 Å². The van der Waals surface area contributed by atoms with E-state index in [1.54, 1.807) is 6.07 Å². The summed E-state index contributed by atoms with van der Waals surface area (Å²) in [5, 5.41) is 8.85. The number of rotatable bonds is 0. The highest BCUT2D eigenvalue weighted by atomic mass is 35.5. The first-order valence-electron chi connectivity index (χ1n) is 4.35. The number of pyridine rings is 1. The Bertz CT molecular complexity index is 448. The second kappa shape index (κ2) is 3.39. The summed E-state index contributed by atoms with van der Waals surface area (Å²) in [5.41, 5.74) is 1.64. The van der Waals surface area contributed by atoms with Crippen LogP contribution in [0.25, 0.3) is 0 Å². The van der Waals surface area contributed by atoms with Crippen molar-refractivity contribution in [3.63, 3.8) is 0 Å². The second-order valence-electron chi connectivity index (χ2n) is 3.22. The monoisotopic (exact) mass is 206 g/mol. The fourth-order valence-electron chi connectivity index (χ4n) is 1.60. The summed E-state index contributed by atoms with van der Waals surface area (Å²) < 4.78 is 0. The van der Waals surface area contributed by atoms with Crippen molar-refractivity contribution in [1.29, 1.82) is 5.26 Å². The molecular formula is C10H7ClN2O. The van der Waals surface area contributed by atoms with Crippen LogP contribution >= 0.6 is 11.6 Å². The van der Waals surface area contributed by atoms with Crippen molar-refractivity contribution in [3.05, 3.63) is 28.0 Å². The van der Waals surface area contributed by atoms with Gasteiger partial charge < -0.3 is 0 Å². The van der Waals surface area contributed by atoms with Crippen molar-refractivity contribution in [3.8, 4) is 6.07 Å².